The molecule has 1 aliphatic heterocycles. The second-order valence-electron chi connectivity index (χ2n) is 8.36. The molecule has 0 saturated heterocycles. The van der Waals surface area contributed by atoms with Crippen LogP contribution in [0, 0.1) is 4.77 Å². The lowest BCUT2D eigenvalue weighted by Gasteiger charge is -2.19. The third-order valence-corrected chi connectivity index (χ3v) is 6.48. The van der Waals surface area contributed by atoms with E-state index in [2.05, 4.69) is 30.6 Å². The Hall–Kier alpha value is -4.64. The number of hydrogen-bond donors (Lipinski definition) is 3. The fraction of sp³-hybridized carbons (Fsp3) is 0.120. The Bertz CT molecular complexity index is 1800. The van der Waals surface area contributed by atoms with E-state index < -0.39 is 0 Å². The van der Waals surface area contributed by atoms with Gasteiger partial charge >= 0.3 is 0 Å². The van der Waals surface area contributed by atoms with Crippen LogP contribution in [0.5, 0.6) is 11.5 Å². The topological polar surface area (TPSA) is 111 Å². The predicted molar refractivity (Wildman–Crippen MR) is 138 cm³/mol. The maximum atomic E-state index is 5.87. The van der Waals surface area contributed by atoms with E-state index in [0.717, 1.165) is 50.6 Å². The molecule has 36 heavy (non-hydrogen) atoms. The van der Waals surface area contributed by atoms with Gasteiger partial charge in [0.25, 0.3) is 0 Å². The second-order valence-corrected chi connectivity index (χ2v) is 8.75. The summed E-state index contributed by atoms with van der Waals surface area (Å²) in [5.41, 5.74) is 6.27. The molecule has 3 N–H and O–H groups in total. The number of imidazole rings is 2. The molecule has 11 heteroatoms. The summed E-state index contributed by atoms with van der Waals surface area (Å²) in [5.74, 6) is 2.18. The zero-order chi connectivity index (χ0) is 24.1. The van der Waals surface area contributed by atoms with E-state index in [1.165, 1.54) is 0 Å². The Balaban J connectivity index is 1.36. The fourth-order valence-corrected chi connectivity index (χ4v) is 4.82. The number of hydrogen-bond acceptors (Lipinski definition) is 7. The van der Waals surface area contributed by atoms with Crippen molar-refractivity contribution in [1.82, 2.24) is 34.5 Å². The minimum Gasteiger partial charge on any atom is -0.486 e. The highest BCUT2D eigenvalue weighted by Crippen LogP contribution is 2.38. The van der Waals surface area contributed by atoms with Gasteiger partial charge in [-0.2, -0.15) is 0 Å². The van der Waals surface area contributed by atoms with Gasteiger partial charge in [0.15, 0.2) is 16.3 Å². The maximum absolute atomic E-state index is 5.87. The van der Waals surface area contributed by atoms with Gasteiger partial charge < -0.3 is 24.8 Å². The molecular formula is C25H20N8O2S. The largest absolute Gasteiger partial charge is 0.486 e. The minimum atomic E-state index is 0.396. The van der Waals surface area contributed by atoms with Gasteiger partial charge in [0, 0.05) is 5.56 Å². The number of fused-ring (bicyclic) bond motifs is 3. The number of aromatic amines is 2. The molecule has 0 fully saturated rings. The molecule has 4 heterocycles. The molecule has 0 aliphatic carbocycles. The normalized spacial score (nSPS) is 12.9. The number of H-pyrrole nitrogens is 2. The van der Waals surface area contributed by atoms with Crippen molar-refractivity contribution in [3.63, 3.8) is 0 Å². The van der Waals surface area contributed by atoms with Gasteiger partial charge in [-0.25, -0.2) is 9.67 Å². The van der Waals surface area contributed by atoms with Gasteiger partial charge in [0.1, 0.15) is 31.2 Å². The molecule has 3 aromatic heterocycles. The van der Waals surface area contributed by atoms with Crippen LogP contribution in [0.1, 0.15) is 0 Å². The van der Waals surface area contributed by atoms with Gasteiger partial charge in [-0.1, -0.05) is 17.3 Å². The van der Waals surface area contributed by atoms with Crippen LogP contribution in [-0.2, 0) is 6.67 Å². The van der Waals surface area contributed by atoms with Crippen LogP contribution in [0.3, 0.4) is 0 Å². The first-order valence-electron chi connectivity index (χ1n) is 11.5. The molecule has 0 bridgehead atoms. The van der Waals surface area contributed by atoms with Crippen LogP contribution in [-0.4, -0.2) is 47.7 Å². The Labute approximate surface area is 209 Å². The van der Waals surface area contributed by atoms with E-state index in [9.17, 15) is 0 Å². The average Bonchev–Trinajstić information content (AvgIpc) is 3.63. The highest BCUT2D eigenvalue weighted by Gasteiger charge is 2.20. The predicted octanol–water partition coefficient (Wildman–Crippen LogP) is 4.66. The SMILES string of the molecule is S=c1[nH]c(NCn2nnc3ccccc32)c(-c2ccc3c(c2)OCCO3)n1-c1ccc2nc[nH]c2c1. The van der Waals surface area contributed by atoms with E-state index in [1.54, 1.807) is 6.33 Å². The summed E-state index contributed by atoms with van der Waals surface area (Å²) in [6, 6.07) is 19.8. The molecule has 0 atom stereocenters. The minimum absolute atomic E-state index is 0.396. The smallest absolute Gasteiger partial charge is 0.183 e. The van der Waals surface area contributed by atoms with Crippen LogP contribution in [0.25, 0.3) is 39.0 Å². The lowest BCUT2D eigenvalue weighted by atomic mass is 10.1. The quantitative estimate of drug-likeness (QED) is 0.298. The lowest BCUT2D eigenvalue weighted by molar-refractivity contribution is 0.171. The van der Waals surface area contributed by atoms with Crippen LogP contribution < -0.4 is 14.8 Å². The van der Waals surface area contributed by atoms with Crippen molar-refractivity contribution >= 4 is 40.1 Å². The number of aromatic nitrogens is 7. The van der Waals surface area contributed by atoms with E-state index in [4.69, 9.17) is 21.7 Å². The van der Waals surface area contributed by atoms with Crippen molar-refractivity contribution in [1.29, 1.82) is 0 Å². The molecule has 6 aromatic rings. The Kier molecular flexibility index (Phi) is 4.74. The molecule has 3 aromatic carbocycles. The number of anilines is 1. The lowest BCUT2D eigenvalue weighted by Crippen LogP contribution is -2.15. The van der Waals surface area contributed by atoms with Crippen molar-refractivity contribution in [3.05, 3.63) is 71.8 Å². The molecule has 0 radical (unpaired) electrons. The maximum Gasteiger partial charge on any atom is 0.183 e. The molecule has 0 spiro atoms. The Morgan fingerprint density at radius 2 is 1.86 bits per heavy atom. The zero-order valence-electron chi connectivity index (χ0n) is 18.9. The van der Waals surface area contributed by atoms with Crippen LogP contribution in [0.15, 0.2) is 67.0 Å². The van der Waals surface area contributed by atoms with Gasteiger partial charge in [0.05, 0.1) is 34.3 Å². The highest BCUT2D eigenvalue weighted by atomic mass is 32.1. The van der Waals surface area contributed by atoms with Crippen LogP contribution in [0.4, 0.5) is 5.82 Å². The molecule has 10 nitrogen and oxygen atoms in total. The van der Waals surface area contributed by atoms with Gasteiger partial charge in [-0.15, -0.1) is 5.10 Å². The van der Waals surface area contributed by atoms with Crippen LogP contribution in [0.2, 0.25) is 0 Å². The van der Waals surface area contributed by atoms with Crippen LogP contribution >= 0.6 is 12.2 Å². The summed E-state index contributed by atoms with van der Waals surface area (Å²) >= 11 is 5.81. The molecule has 0 unspecified atom stereocenters. The zero-order valence-corrected chi connectivity index (χ0v) is 19.7. The first-order valence-corrected chi connectivity index (χ1v) is 11.9. The number of para-hydroxylation sites is 1. The van der Waals surface area contributed by atoms with Gasteiger partial charge in [-0.3, -0.25) is 4.57 Å². The van der Waals surface area contributed by atoms with Crippen molar-refractivity contribution in [2.75, 3.05) is 18.5 Å². The molecule has 1 aliphatic rings. The van der Waals surface area contributed by atoms with E-state index >= 15 is 0 Å². The van der Waals surface area contributed by atoms with Crippen molar-refractivity contribution in [2.45, 2.75) is 6.67 Å². The number of nitrogens with one attached hydrogen (secondary N) is 3. The summed E-state index contributed by atoms with van der Waals surface area (Å²) in [4.78, 5) is 10.9. The first kappa shape index (κ1) is 20.7. The first-order chi connectivity index (χ1) is 17.7. The van der Waals surface area contributed by atoms with Crippen molar-refractivity contribution < 1.29 is 9.47 Å². The third kappa shape index (κ3) is 3.40. The summed E-state index contributed by atoms with van der Waals surface area (Å²) < 4.78 is 16.0. The number of ether oxygens (including phenoxy) is 2. The molecule has 0 amide bonds. The standard InChI is InChI=1S/C25H20N8O2S/c36-25-29-24(28-14-32-20-4-2-1-3-18(20)30-31-32)23(15-5-8-21-22(11-15)35-10-9-34-21)33(25)16-6-7-17-19(12-16)27-13-26-17/h1-8,11-13,28H,9-10,14H2,(H,26,27)(H,29,36). The third-order valence-electron chi connectivity index (χ3n) is 6.20. The second kappa shape index (κ2) is 8.24. The molecular weight excluding hydrogens is 476 g/mol. The monoisotopic (exact) mass is 496 g/mol. The van der Waals surface area contributed by atoms with E-state index in [1.807, 2.05) is 69.9 Å². The number of rotatable bonds is 5. The van der Waals surface area contributed by atoms with E-state index in [-0.39, 0.29) is 0 Å². The summed E-state index contributed by atoms with van der Waals surface area (Å²) in [7, 11) is 0. The number of benzene rings is 3. The average molecular weight is 497 g/mol. The van der Waals surface area contributed by atoms with Crippen molar-refractivity contribution in [2.24, 2.45) is 0 Å². The van der Waals surface area contributed by atoms with Gasteiger partial charge in [-0.05, 0) is 60.7 Å². The molecule has 7 rings (SSSR count). The molecule has 178 valence electrons. The summed E-state index contributed by atoms with van der Waals surface area (Å²) in [5, 5.41) is 12.0. The Morgan fingerprint density at radius 1 is 0.972 bits per heavy atom. The fourth-order valence-electron chi connectivity index (χ4n) is 4.52. The molecule has 0 saturated carbocycles. The summed E-state index contributed by atoms with van der Waals surface area (Å²) in [6.07, 6.45) is 1.68. The van der Waals surface area contributed by atoms with Gasteiger partial charge in [0.2, 0.25) is 0 Å². The highest BCUT2D eigenvalue weighted by molar-refractivity contribution is 7.71. The summed E-state index contributed by atoms with van der Waals surface area (Å²) in [6.45, 7) is 1.44. The Morgan fingerprint density at radius 3 is 2.81 bits per heavy atom. The van der Waals surface area contributed by atoms with E-state index in [0.29, 0.717) is 30.4 Å². The van der Waals surface area contributed by atoms with Crippen molar-refractivity contribution in [3.8, 4) is 28.4 Å². The number of nitrogens with zero attached hydrogens (tertiary/aromatic N) is 5.